The van der Waals surface area contributed by atoms with Crippen LogP contribution < -0.4 is 0 Å². The van der Waals surface area contributed by atoms with Crippen molar-refractivity contribution < 1.29 is 0 Å². The van der Waals surface area contributed by atoms with Gasteiger partial charge in [0.25, 0.3) is 0 Å². The number of aromatic nitrogens is 2. The number of hydrogen-bond donors (Lipinski definition) is 1. The van der Waals surface area contributed by atoms with Crippen molar-refractivity contribution in [2.24, 2.45) is 0 Å². The van der Waals surface area contributed by atoms with Gasteiger partial charge in [-0.2, -0.15) is 0 Å². The summed E-state index contributed by atoms with van der Waals surface area (Å²) in [4.78, 5) is 7.61. The van der Waals surface area contributed by atoms with Crippen LogP contribution >= 0.6 is 15.9 Å². The fraction of sp³-hybridized carbons (Fsp3) is 0. The van der Waals surface area contributed by atoms with E-state index in [0.717, 1.165) is 20.9 Å². The van der Waals surface area contributed by atoms with E-state index in [2.05, 4.69) is 38.0 Å². The lowest BCUT2D eigenvalue weighted by Gasteiger charge is -1.97. The molecule has 0 atom stereocenters. The maximum atomic E-state index is 4.39. The van der Waals surface area contributed by atoms with E-state index in [1.54, 1.807) is 0 Å². The molecule has 14 heavy (non-hydrogen) atoms. The molecule has 0 unspecified atom stereocenters. The largest absolute Gasteiger partial charge is 0.358 e. The van der Waals surface area contributed by atoms with E-state index < -0.39 is 0 Å². The summed E-state index contributed by atoms with van der Waals surface area (Å²) in [6.07, 6.45) is 3.82. The van der Waals surface area contributed by atoms with Crippen LogP contribution in [0.25, 0.3) is 21.8 Å². The molecule has 0 amide bonds. The van der Waals surface area contributed by atoms with Gasteiger partial charge in [0, 0.05) is 23.2 Å². The number of nitrogens with one attached hydrogen (secondary N) is 1. The number of benzene rings is 1. The first-order valence-electron chi connectivity index (χ1n) is 4.36. The molecule has 1 N–H and O–H groups in total. The van der Waals surface area contributed by atoms with E-state index in [1.807, 2.05) is 24.5 Å². The van der Waals surface area contributed by atoms with Crippen molar-refractivity contribution in [1.29, 1.82) is 0 Å². The molecule has 0 aliphatic carbocycles. The number of fused-ring (bicyclic) bond motifs is 3. The number of halogens is 1. The van der Waals surface area contributed by atoms with Crippen LogP contribution in [0.5, 0.6) is 0 Å². The van der Waals surface area contributed by atoms with Crippen molar-refractivity contribution in [3.63, 3.8) is 0 Å². The van der Waals surface area contributed by atoms with Crippen LogP contribution in [0.3, 0.4) is 0 Å². The average molecular weight is 247 g/mol. The van der Waals surface area contributed by atoms with Gasteiger partial charge in [0.2, 0.25) is 0 Å². The predicted molar refractivity (Wildman–Crippen MR) is 61.3 cm³/mol. The molecule has 0 saturated carbocycles. The molecule has 0 spiro atoms. The molecule has 3 heteroatoms. The van der Waals surface area contributed by atoms with Crippen molar-refractivity contribution in [3.8, 4) is 0 Å². The van der Waals surface area contributed by atoms with Crippen molar-refractivity contribution in [2.45, 2.75) is 0 Å². The van der Waals surface area contributed by atoms with Gasteiger partial charge in [-0.3, -0.25) is 4.98 Å². The van der Waals surface area contributed by atoms with Gasteiger partial charge < -0.3 is 4.98 Å². The minimum absolute atomic E-state index is 0.990. The van der Waals surface area contributed by atoms with Crippen molar-refractivity contribution in [3.05, 3.63) is 41.1 Å². The number of nitrogens with zero attached hydrogens (tertiary/aromatic N) is 1. The van der Waals surface area contributed by atoms with Crippen LogP contribution in [0.15, 0.2) is 41.1 Å². The van der Waals surface area contributed by atoms with E-state index in [9.17, 15) is 0 Å². The van der Waals surface area contributed by atoms with Gasteiger partial charge in [0.1, 0.15) is 5.52 Å². The molecule has 3 rings (SSSR count). The maximum absolute atomic E-state index is 4.39. The number of aromatic amines is 1. The molecule has 0 radical (unpaired) electrons. The van der Waals surface area contributed by atoms with E-state index in [1.165, 1.54) is 5.39 Å². The average Bonchev–Trinajstić information content (AvgIpc) is 2.61. The molecule has 0 saturated heterocycles. The Morgan fingerprint density at radius 1 is 1.21 bits per heavy atom. The third kappa shape index (κ3) is 0.990. The quantitative estimate of drug-likeness (QED) is 0.647. The van der Waals surface area contributed by atoms with Crippen LogP contribution in [0.2, 0.25) is 0 Å². The first-order valence-corrected chi connectivity index (χ1v) is 5.16. The zero-order valence-electron chi connectivity index (χ0n) is 7.29. The van der Waals surface area contributed by atoms with E-state index in [-0.39, 0.29) is 0 Å². The highest BCUT2D eigenvalue weighted by Gasteiger charge is 2.05. The molecule has 2 heterocycles. The molecular formula is C11H7BrN2. The Kier molecular flexibility index (Phi) is 1.61. The fourth-order valence-electron chi connectivity index (χ4n) is 1.69. The van der Waals surface area contributed by atoms with Gasteiger partial charge in [-0.15, -0.1) is 0 Å². The molecule has 0 bridgehead atoms. The molecule has 1 aromatic carbocycles. The Hall–Kier alpha value is -1.35. The van der Waals surface area contributed by atoms with Gasteiger partial charge in [-0.1, -0.05) is 24.3 Å². The SMILES string of the molecule is Brc1c[nH]c2c1ncc1ccccc12. The topological polar surface area (TPSA) is 28.7 Å². The summed E-state index contributed by atoms with van der Waals surface area (Å²) in [6.45, 7) is 0. The van der Waals surface area contributed by atoms with Crippen LogP contribution in [0, 0.1) is 0 Å². The standard InChI is InChI=1S/C11H7BrN2/c12-9-6-14-10-8-4-2-1-3-7(8)5-13-11(9)10/h1-6,14H. The van der Waals surface area contributed by atoms with Gasteiger partial charge >= 0.3 is 0 Å². The highest BCUT2D eigenvalue weighted by Crippen LogP contribution is 2.27. The third-order valence-electron chi connectivity index (χ3n) is 2.37. The highest BCUT2D eigenvalue weighted by atomic mass is 79.9. The summed E-state index contributed by atoms with van der Waals surface area (Å²) in [7, 11) is 0. The normalized spacial score (nSPS) is 11.2. The Morgan fingerprint density at radius 2 is 2.07 bits per heavy atom. The zero-order valence-corrected chi connectivity index (χ0v) is 8.88. The van der Waals surface area contributed by atoms with E-state index in [0.29, 0.717) is 0 Å². The zero-order chi connectivity index (χ0) is 9.54. The second-order valence-corrected chi connectivity index (χ2v) is 4.06. The summed E-state index contributed by atoms with van der Waals surface area (Å²) in [5.41, 5.74) is 2.08. The third-order valence-corrected chi connectivity index (χ3v) is 2.97. The first kappa shape index (κ1) is 8.00. The Labute approximate surface area is 89.1 Å². The monoisotopic (exact) mass is 246 g/mol. The number of rotatable bonds is 0. The molecule has 0 fully saturated rings. The van der Waals surface area contributed by atoms with Crippen LogP contribution in [0.4, 0.5) is 0 Å². The molecule has 2 aromatic heterocycles. The lowest BCUT2D eigenvalue weighted by molar-refractivity contribution is 1.44. The first-order chi connectivity index (χ1) is 6.86. The minimum Gasteiger partial charge on any atom is -0.358 e. The highest BCUT2D eigenvalue weighted by molar-refractivity contribution is 9.10. The smallest absolute Gasteiger partial charge is 0.103 e. The van der Waals surface area contributed by atoms with Crippen molar-refractivity contribution in [1.82, 2.24) is 9.97 Å². The molecular weight excluding hydrogens is 240 g/mol. The Bertz CT molecular complexity index is 613. The molecule has 3 aromatic rings. The summed E-state index contributed by atoms with van der Waals surface area (Å²) in [6, 6.07) is 8.23. The van der Waals surface area contributed by atoms with Gasteiger partial charge in [-0.25, -0.2) is 0 Å². The lowest BCUT2D eigenvalue weighted by Crippen LogP contribution is -1.78. The second-order valence-electron chi connectivity index (χ2n) is 3.21. The molecule has 2 nitrogen and oxygen atoms in total. The van der Waals surface area contributed by atoms with E-state index in [4.69, 9.17) is 0 Å². The summed E-state index contributed by atoms with van der Waals surface area (Å²) >= 11 is 3.46. The van der Waals surface area contributed by atoms with Crippen LogP contribution in [0.1, 0.15) is 0 Å². The molecule has 0 aliphatic heterocycles. The lowest BCUT2D eigenvalue weighted by atomic mass is 10.1. The number of hydrogen-bond acceptors (Lipinski definition) is 1. The Morgan fingerprint density at radius 3 is 3.00 bits per heavy atom. The number of H-pyrrole nitrogens is 1. The van der Waals surface area contributed by atoms with Gasteiger partial charge in [0.05, 0.1) is 9.99 Å². The number of pyridine rings is 1. The minimum atomic E-state index is 0.990. The molecule has 68 valence electrons. The van der Waals surface area contributed by atoms with Crippen molar-refractivity contribution in [2.75, 3.05) is 0 Å². The summed E-state index contributed by atoms with van der Waals surface area (Å²) in [5, 5.41) is 2.37. The van der Waals surface area contributed by atoms with Crippen LogP contribution in [-0.4, -0.2) is 9.97 Å². The predicted octanol–water partition coefficient (Wildman–Crippen LogP) is 3.48. The van der Waals surface area contributed by atoms with E-state index >= 15 is 0 Å². The molecule has 0 aliphatic rings. The van der Waals surface area contributed by atoms with Gasteiger partial charge in [0.15, 0.2) is 0 Å². The van der Waals surface area contributed by atoms with Gasteiger partial charge in [-0.05, 0) is 15.9 Å². The van der Waals surface area contributed by atoms with Crippen molar-refractivity contribution >= 4 is 37.7 Å². The summed E-state index contributed by atoms with van der Waals surface area (Å²) < 4.78 is 1.01. The maximum Gasteiger partial charge on any atom is 0.103 e. The second kappa shape index (κ2) is 2.82. The Balaban J connectivity index is 2.61. The fourth-order valence-corrected chi connectivity index (χ4v) is 2.11. The summed E-state index contributed by atoms with van der Waals surface area (Å²) in [5.74, 6) is 0. The van der Waals surface area contributed by atoms with Crippen LogP contribution in [-0.2, 0) is 0 Å².